The number of hydrogen-bond donors (Lipinski definition) is 3. The summed E-state index contributed by atoms with van der Waals surface area (Å²) in [6.07, 6.45) is 0.562. The van der Waals surface area contributed by atoms with Crippen LogP contribution in [0.5, 0.6) is 0 Å². The standard InChI is InChI=1S/C12H8F3NO3.C9H10O4/c13-12(14,15)6-16-5-9(11(18)19)7-3-1-2-4-8(7)10(16)17;1-9(8(12)13)4-2-3-6(5-9)7(10)11/h1-5H,6H2,(H,18,19);2-4H,5H2,1H3,(H,10,11)(H,12,13). The molecule has 0 amide bonds. The second-order valence-corrected chi connectivity index (χ2v) is 7.20. The number of allylic oxidation sites excluding steroid dienone is 2. The summed E-state index contributed by atoms with van der Waals surface area (Å²) in [6.45, 7) is -0.0152. The SMILES string of the molecule is CC1(C(=O)O)C=CC=C(C(=O)O)C1.O=C(O)c1cn(CC(F)(F)F)c(=O)c2ccccc12. The van der Waals surface area contributed by atoms with E-state index in [9.17, 15) is 32.3 Å². The van der Waals surface area contributed by atoms with Crippen LogP contribution in [0, 0.1) is 5.41 Å². The number of fused-ring (bicyclic) bond motifs is 1. The van der Waals surface area contributed by atoms with E-state index < -0.39 is 41.6 Å². The Balaban J connectivity index is 0.000000244. The molecule has 1 unspecified atom stereocenters. The van der Waals surface area contributed by atoms with Crippen LogP contribution in [0.15, 0.2) is 59.1 Å². The van der Waals surface area contributed by atoms with Gasteiger partial charge in [0, 0.05) is 22.5 Å². The van der Waals surface area contributed by atoms with Gasteiger partial charge in [-0.05, 0) is 19.4 Å². The number of pyridine rings is 1. The molecule has 3 N–H and O–H groups in total. The summed E-state index contributed by atoms with van der Waals surface area (Å²) in [7, 11) is 0. The predicted molar refractivity (Wildman–Crippen MR) is 106 cm³/mol. The number of benzene rings is 1. The van der Waals surface area contributed by atoms with E-state index >= 15 is 0 Å². The zero-order valence-corrected chi connectivity index (χ0v) is 16.6. The van der Waals surface area contributed by atoms with E-state index in [0.717, 1.165) is 6.20 Å². The number of carboxylic acid groups (broad SMARTS) is 3. The number of nitrogens with zero attached hydrogens (tertiary/aromatic N) is 1. The van der Waals surface area contributed by atoms with Gasteiger partial charge in [-0.2, -0.15) is 13.2 Å². The van der Waals surface area contributed by atoms with Gasteiger partial charge in [0.15, 0.2) is 0 Å². The van der Waals surface area contributed by atoms with E-state index in [0.29, 0.717) is 4.57 Å². The number of halogens is 3. The Morgan fingerprint density at radius 2 is 1.66 bits per heavy atom. The summed E-state index contributed by atoms with van der Waals surface area (Å²) >= 11 is 0. The average Bonchev–Trinajstić information content (AvgIpc) is 2.69. The maximum atomic E-state index is 12.3. The average molecular weight is 453 g/mol. The molecule has 1 aliphatic carbocycles. The summed E-state index contributed by atoms with van der Waals surface area (Å²) < 4.78 is 37.4. The number of alkyl halides is 3. The molecule has 170 valence electrons. The highest BCUT2D eigenvalue weighted by molar-refractivity contribution is 6.02. The second-order valence-electron chi connectivity index (χ2n) is 7.20. The minimum absolute atomic E-state index is 0.0359. The molecule has 8 nitrogen and oxygen atoms in total. The van der Waals surface area contributed by atoms with Crippen molar-refractivity contribution >= 4 is 28.7 Å². The van der Waals surface area contributed by atoms with Gasteiger partial charge in [0.2, 0.25) is 0 Å². The van der Waals surface area contributed by atoms with E-state index in [1.807, 2.05) is 0 Å². The van der Waals surface area contributed by atoms with Gasteiger partial charge in [-0.1, -0.05) is 36.4 Å². The molecule has 1 atom stereocenters. The molecule has 1 aromatic carbocycles. The van der Waals surface area contributed by atoms with E-state index in [1.165, 1.54) is 49.4 Å². The Bertz CT molecular complexity index is 1190. The van der Waals surface area contributed by atoms with Gasteiger partial charge < -0.3 is 19.9 Å². The van der Waals surface area contributed by atoms with E-state index in [2.05, 4.69) is 0 Å². The summed E-state index contributed by atoms with van der Waals surface area (Å²) in [5, 5.41) is 26.6. The number of aliphatic carboxylic acids is 2. The maximum absolute atomic E-state index is 12.3. The van der Waals surface area contributed by atoms with Gasteiger partial charge in [-0.3, -0.25) is 9.59 Å². The van der Waals surface area contributed by atoms with Crippen molar-refractivity contribution in [1.29, 1.82) is 0 Å². The van der Waals surface area contributed by atoms with Gasteiger partial charge >= 0.3 is 24.1 Å². The smallest absolute Gasteiger partial charge is 0.406 e. The third-order valence-corrected chi connectivity index (χ3v) is 4.66. The Labute approximate surface area is 178 Å². The van der Waals surface area contributed by atoms with Crippen molar-refractivity contribution in [3.05, 3.63) is 70.2 Å². The molecule has 0 saturated carbocycles. The van der Waals surface area contributed by atoms with Crippen LogP contribution in [0.2, 0.25) is 0 Å². The number of carboxylic acids is 3. The van der Waals surface area contributed by atoms with Crippen LogP contribution in [0.1, 0.15) is 23.7 Å². The van der Waals surface area contributed by atoms with Crippen molar-refractivity contribution in [3.63, 3.8) is 0 Å². The van der Waals surface area contributed by atoms with Crippen molar-refractivity contribution in [2.24, 2.45) is 5.41 Å². The monoisotopic (exact) mass is 453 g/mol. The second kappa shape index (κ2) is 9.08. The van der Waals surface area contributed by atoms with Gasteiger partial charge in [-0.15, -0.1) is 0 Å². The topological polar surface area (TPSA) is 134 Å². The molecule has 32 heavy (non-hydrogen) atoms. The molecule has 0 fully saturated rings. The molecule has 0 spiro atoms. The highest BCUT2D eigenvalue weighted by Gasteiger charge is 2.34. The quantitative estimate of drug-likeness (QED) is 0.647. The van der Waals surface area contributed by atoms with Gasteiger partial charge in [0.25, 0.3) is 5.56 Å². The number of aromatic nitrogens is 1. The number of rotatable bonds is 4. The lowest BCUT2D eigenvalue weighted by molar-refractivity contribution is -0.145. The number of aromatic carboxylic acids is 1. The first-order valence-electron chi connectivity index (χ1n) is 9.02. The first-order valence-corrected chi connectivity index (χ1v) is 9.02. The molecular weight excluding hydrogens is 435 g/mol. The zero-order valence-electron chi connectivity index (χ0n) is 16.6. The molecule has 0 bridgehead atoms. The van der Waals surface area contributed by atoms with Crippen LogP contribution in [-0.2, 0) is 16.1 Å². The van der Waals surface area contributed by atoms with Crippen LogP contribution in [-0.4, -0.2) is 44.0 Å². The lowest BCUT2D eigenvalue weighted by Gasteiger charge is -2.23. The largest absolute Gasteiger partial charge is 0.481 e. The predicted octanol–water partition coefficient (Wildman–Crippen LogP) is 3.31. The number of carbonyl (C=O) groups is 3. The Morgan fingerprint density at radius 3 is 2.16 bits per heavy atom. The van der Waals surface area contributed by atoms with E-state index in [1.54, 1.807) is 0 Å². The van der Waals surface area contributed by atoms with Crippen molar-refractivity contribution in [2.75, 3.05) is 0 Å². The molecule has 1 heterocycles. The third-order valence-electron chi connectivity index (χ3n) is 4.66. The molecule has 1 aromatic heterocycles. The summed E-state index contributed by atoms with van der Waals surface area (Å²) in [6, 6.07) is 5.67. The van der Waals surface area contributed by atoms with Crippen LogP contribution in [0.25, 0.3) is 10.8 Å². The Kier molecular flexibility index (Phi) is 6.92. The first kappa shape index (κ1) is 24.4. The number of hydrogen-bond acceptors (Lipinski definition) is 4. The molecule has 0 radical (unpaired) electrons. The highest BCUT2D eigenvalue weighted by Crippen LogP contribution is 2.31. The first-order chi connectivity index (χ1) is 14.7. The molecule has 2 aromatic rings. The zero-order chi connectivity index (χ0) is 24.3. The minimum atomic E-state index is -4.60. The van der Waals surface area contributed by atoms with Crippen LogP contribution in [0.4, 0.5) is 13.2 Å². The lowest BCUT2D eigenvalue weighted by atomic mass is 9.80. The molecule has 0 saturated heterocycles. The molecule has 3 rings (SSSR count). The fraction of sp³-hybridized carbons (Fsp3) is 0.238. The van der Waals surface area contributed by atoms with Gasteiger partial charge in [0.1, 0.15) is 6.54 Å². The molecular formula is C21H18F3NO7. The molecule has 1 aliphatic rings. The summed E-state index contributed by atoms with van der Waals surface area (Å²) in [5.41, 5.74) is -2.15. The summed E-state index contributed by atoms with van der Waals surface area (Å²) in [4.78, 5) is 44.2. The van der Waals surface area contributed by atoms with Crippen LogP contribution < -0.4 is 5.56 Å². The highest BCUT2D eigenvalue weighted by atomic mass is 19.4. The fourth-order valence-electron chi connectivity index (χ4n) is 3.01. The third kappa shape index (κ3) is 5.62. The molecule has 0 aliphatic heterocycles. The minimum Gasteiger partial charge on any atom is -0.481 e. The van der Waals surface area contributed by atoms with Crippen molar-refractivity contribution in [3.8, 4) is 0 Å². The summed E-state index contributed by atoms with van der Waals surface area (Å²) in [5.74, 6) is -3.44. The van der Waals surface area contributed by atoms with Crippen molar-refractivity contribution in [2.45, 2.75) is 26.1 Å². The van der Waals surface area contributed by atoms with E-state index in [4.69, 9.17) is 15.3 Å². The van der Waals surface area contributed by atoms with Crippen molar-refractivity contribution < 1.29 is 42.9 Å². The van der Waals surface area contributed by atoms with Crippen LogP contribution >= 0.6 is 0 Å². The lowest BCUT2D eigenvalue weighted by Crippen LogP contribution is -2.29. The van der Waals surface area contributed by atoms with Gasteiger partial charge in [-0.25, -0.2) is 9.59 Å². The maximum Gasteiger partial charge on any atom is 0.406 e. The van der Waals surface area contributed by atoms with Crippen molar-refractivity contribution in [1.82, 2.24) is 4.57 Å². The Morgan fingerprint density at radius 1 is 1.06 bits per heavy atom. The van der Waals surface area contributed by atoms with Gasteiger partial charge in [0.05, 0.1) is 11.0 Å². The normalized spacial score (nSPS) is 17.8. The fourth-order valence-corrected chi connectivity index (χ4v) is 3.01. The molecule has 11 heteroatoms. The van der Waals surface area contributed by atoms with Crippen LogP contribution in [0.3, 0.4) is 0 Å². The Hall–Kier alpha value is -3.89. The van der Waals surface area contributed by atoms with E-state index in [-0.39, 0.29) is 28.3 Å².